The first-order chi connectivity index (χ1) is 7.45. The van der Waals surface area contributed by atoms with Gasteiger partial charge in [0.2, 0.25) is 0 Å². The minimum atomic E-state index is 0.228. The van der Waals surface area contributed by atoms with Gasteiger partial charge in [0.1, 0.15) is 0 Å². The number of rotatable bonds is 4. The first-order valence-corrected chi connectivity index (χ1v) is 6.50. The predicted octanol–water partition coefficient (Wildman–Crippen LogP) is 3.31. The minimum absolute atomic E-state index is 0.228. The molecule has 0 aliphatic heterocycles. The van der Waals surface area contributed by atoms with Crippen LogP contribution in [-0.4, -0.2) is 12.3 Å². The Hall–Kier alpha value is -0.470. The lowest BCUT2D eigenvalue weighted by Crippen LogP contribution is -2.18. The van der Waals surface area contributed by atoms with Gasteiger partial charge in [-0.2, -0.15) is 12.6 Å². The lowest BCUT2D eigenvalue weighted by Gasteiger charge is -2.21. The van der Waals surface area contributed by atoms with Gasteiger partial charge in [-0.1, -0.05) is 39.0 Å². The summed E-state index contributed by atoms with van der Waals surface area (Å²) in [4.78, 5) is 0. The number of nitrogens with one attached hydrogen (secondary N) is 1. The Morgan fingerprint density at radius 1 is 1.25 bits per heavy atom. The highest BCUT2D eigenvalue weighted by molar-refractivity contribution is 7.80. The van der Waals surface area contributed by atoms with Crippen molar-refractivity contribution >= 4 is 12.6 Å². The van der Waals surface area contributed by atoms with Crippen molar-refractivity contribution in [1.82, 2.24) is 5.32 Å². The molecular weight excluding hydrogens is 214 g/mol. The highest BCUT2D eigenvalue weighted by Crippen LogP contribution is 2.24. The van der Waals surface area contributed by atoms with E-state index in [4.69, 9.17) is 0 Å². The van der Waals surface area contributed by atoms with Crippen LogP contribution in [0.4, 0.5) is 0 Å². The zero-order chi connectivity index (χ0) is 12.2. The summed E-state index contributed by atoms with van der Waals surface area (Å²) in [5, 5.41) is 3.39. The predicted molar refractivity (Wildman–Crippen MR) is 75.4 cm³/mol. The molecule has 1 rings (SSSR count). The van der Waals surface area contributed by atoms with Crippen molar-refractivity contribution < 1.29 is 0 Å². The van der Waals surface area contributed by atoms with Crippen LogP contribution in [0.25, 0.3) is 0 Å². The first-order valence-electron chi connectivity index (χ1n) is 5.86. The van der Waals surface area contributed by atoms with Gasteiger partial charge >= 0.3 is 0 Å². The van der Waals surface area contributed by atoms with Gasteiger partial charge in [0.05, 0.1) is 0 Å². The Balaban J connectivity index is 2.83. The molecule has 0 heterocycles. The molecule has 0 unspecified atom stereocenters. The first kappa shape index (κ1) is 13.6. The number of aryl methyl sites for hydroxylation is 1. The van der Waals surface area contributed by atoms with Crippen molar-refractivity contribution in [3.05, 3.63) is 34.9 Å². The average Bonchev–Trinajstić information content (AvgIpc) is 2.19. The summed E-state index contributed by atoms with van der Waals surface area (Å²) in [7, 11) is 0. The van der Waals surface area contributed by atoms with E-state index in [1.165, 1.54) is 16.7 Å². The maximum Gasteiger partial charge on any atom is 0.0208 e. The lowest BCUT2D eigenvalue weighted by molar-refractivity contribution is 0.588. The van der Waals surface area contributed by atoms with E-state index in [1.54, 1.807) is 0 Å². The smallest absolute Gasteiger partial charge is 0.0208 e. The summed E-state index contributed by atoms with van der Waals surface area (Å²) >= 11 is 4.20. The maximum atomic E-state index is 4.20. The van der Waals surface area contributed by atoms with Gasteiger partial charge < -0.3 is 5.32 Å². The summed E-state index contributed by atoms with van der Waals surface area (Å²) < 4.78 is 0. The quantitative estimate of drug-likeness (QED) is 0.605. The topological polar surface area (TPSA) is 12.0 Å². The van der Waals surface area contributed by atoms with E-state index in [2.05, 4.69) is 63.8 Å². The second kappa shape index (κ2) is 5.74. The molecule has 0 radical (unpaired) electrons. The molecule has 0 saturated heterocycles. The van der Waals surface area contributed by atoms with Gasteiger partial charge in [-0.3, -0.25) is 0 Å². The molecule has 90 valence electrons. The number of hydrogen-bond donors (Lipinski definition) is 2. The van der Waals surface area contributed by atoms with Crippen LogP contribution in [-0.2, 0) is 12.0 Å². The average molecular weight is 237 g/mol. The van der Waals surface area contributed by atoms with Crippen LogP contribution in [0.2, 0.25) is 0 Å². The fraction of sp³-hybridized carbons (Fsp3) is 0.571. The van der Waals surface area contributed by atoms with E-state index in [0.717, 1.165) is 18.8 Å². The second-order valence-electron chi connectivity index (χ2n) is 5.29. The second-order valence-corrected chi connectivity index (χ2v) is 5.74. The molecule has 1 nitrogen and oxygen atoms in total. The molecule has 0 amide bonds. The summed E-state index contributed by atoms with van der Waals surface area (Å²) in [6, 6.07) is 6.77. The van der Waals surface area contributed by atoms with E-state index < -0.39 is 0 Å². The standard InChI is InChI=1S/C14H23NS/c1-11-5-6-13(14(2,3)4)9-12(11)10-15-7-8-16/h5-6,9,15-16H,7-8,10H2,1-4H3. The van der Waals surface area contributed by atoms with Crippen molar-refractivity contribution in [2.24, 2.45) is 0 Å². The van der Waals surface area contributed by atoms with Crippen molar-refractivity contribution in [3.8, 4) is 0 Å². The fourth-order valence-corrected chi connectivity index (χ4v) is 1.79. The third-order valence-corrected chi connectivity index (χ3v) is 3.04. The molecule has 0 aliphatic carbocycles. The van der Waals surface area contributed by atoms with Gasteiger partial charge in [-0.05, 0) is 29.0 Å². The SMILES string of the molecule is Cc1ccc(C(C)(C)C)cc1CNCCS. The summed E-state index contributed by atoms with van der Waals surface area (Å²) in [5.41, 5.74) is 4.39. The van der Waals surface area contributed by atoms with Gasteiger partial charge in [0.15, 0.2) is 0 Å². The van der Waals surface area contributed by atoms with E-state index in [-0.39, 0.29) is 5.41 Å². The van der Waals surface area contributed by atoms with E-state index in [9.17, 15) is 0 Å². The van der Waals surface area contributed by atoms with E-state index in [1.807, 2.05) is 0 Å². The molecule has 0 spiro atoms. The third kappa shape index (κ3) is 3.84. The molecule has 2 heteroatoms. The Bertz CT molecular complexity index is 339. The molecule has 0 bridgehead atoms. The Morgan fingerprint density at radius 3 is 2.50 bits per heavy atom. The highest BCUT2D eigenvalue weighted by atomic mass is 32.1. The monoisotopic (exact) mass is 237 g/mol. The van der Waals surface area contributed by atoms with Gasteiger partial charge in [-0.15, -0.1) is 0 Å². The van der Waals surface area contributed by atoms with Crippen LogP contribution < -0.4 is 5.32 Å². The molecule has 1 aromatic carbocycles. The summed E-state index contributed by atoms with van der Waals surface area (Å²) in [6.07, 6.45) is 0. The van der Waals surface area contributed by atoms with Gasteiger partial charge in [0.25, 0.3) is 0 Å². The highest BCUT2D eigenvalue weighted by Gasteiger charge is 2.14. The van der Waals surface area contributed by atoms with Crippen LogP contribution in [0.15, 0.2) is 18.2 Å². The van der Waals surface area contributed by atoms with E-state index >= 15 is 0 Å². The van der Waals surface area contributed by atoms with E-state index in [0.29, 0.717) is 0 Å². The van der Waals surface area contributed by atoms with Crippen molar-refractivity contribution in [3.63, 3.8) is 0 Å². The maximum absolute atomic E-state index is 4.20. The minimum Gasteiger partial charge on any atom is -0.312 e. The normalized spacial score (nSPS) is 11.8. The number of benzene rings is 1. The van der Waals surface area contributed by atoms with Crippen LogP contribution in [0.3, 0.4) is 0 Å². The summed E-state index contributed by atoms with van der Waals surface area (Å²) in [5.74, 6) is 0.887. The molecule has 1 aromatic rings. The summed E-state index contributed by atoms with van der Waals surface area (Å²) in [6.45, 7) is 10.8. The fourth-order valence-electron chi connectivity index (χ4n) is 1.63. The van der Waals surface area contributed by atoms with Crippen LogP contribution in [0.5, 0.6) is 0 Å². The Morgan fingerprint density at radius 2 is 1.94 bits per heavy atom. The van der Waals surface area contributed by atoms with Crippen LogP contribution >= 0.6 is 12.6 Å². The zero-order valence-electron chi connectivity index (χ0n) is 10.8. The Labute approximate surface area is 105 Å². The third-order valence-electron chi connectivity index (χ3n) is 2.82. The van der Waals surface area contributed by atoms with Gasteiger partial charge in [-0.25, -0.2) is 0 Å². The van der Waals surface area contributed by atoms with Crippen molar-refractivity contribution in [2.75, 3.05) is 12.3 Å². The van der Waals surface area contributed by atoms with Crippen molar-refractivity contribution in [1.29, 1.82) is 0 Å². The lowest BCUT2D eigenvalue weighted by atomic mass is 9.85. The molecule has 1 N–H and O–H groups in total. The molecule has 0 atom stereocenters. The molecule has 0 aromatic heterocycles. The van der Waals surface area contributed by atoms with Crippen LogP contribution in [0, 0.1) is 6.92 Å². The molecule has 16 heavy (non-hydrogen) atoms. The molecule has 0 saturated carbocycles. The number of hydrogen-bond acceptors (Lipinski definition) is 2. The van der Waals surface area contributed by atoms with Crippen molar-refractivity contribution in [2.45, 2.75) is 39.7 Å². The van der Waals surface area contributed by atoms with Gasteiger partial charge in [0, 0.05) is 18.8 Å². The molecule has 0 aliphatic rings. The Kier molecular flexibility index (Phi) is 4.88. The largest absolute Gasteiger partial charge is 0.312 e. The zero-order valence-corrected chi connectivity index (χ0v) is 11.7. The molecule has 0 fully saturated rings. The molecular formula is C14H23NS. The van der Waals surface area contributed by atoms with Crippen LogP contribution in [0.1, 0.15) is 37.5 Å². The number of thiol groups is 1.